The van der Waals surface area contributed by atoms with Gasteiger partial charge in [0.15, 0.2) is 0 Å². The molecule has 2 aromatic rings. The van der Waals surface area contributed by atoms with Crippen molar-refractivity contribution in [2.24, 2.45) is 0 Å². The lowest BCUT2D eigenvalue weighted by Crippen LogP contribution is -2.13. The number of hydrogen-bond acceptors (Lipinski definition) is 4. The summed E-state index contributed by atoms with van der Waals surface area (Å²) in [5, 5.41) is 16.7. The molecule has 0 saturated carbocycles. The predicted molar refractivity (Wildman–Crippen MR) is 62.0 cm³/mol. The number of hydrogen-bond donors (Lipinski definition) is 1. The Kier molecular flexibility index (Phi) is 2.86. The Labute approximate surface area is 99.1 Å². The van der Waals surface area contributed by atoms with Gasteiger partial charge in [0.1, 0.15) is 0 Å². The molecule has 16 heavy (non-hydrogen) atoms. The normalized spacial score (nSPS) is 10.1. The van der Waals surface area contributed by atoms with Gasteiger partial charge >= 0.3 is 0 Å². The summed E-state index contributed by atoms with van der Waals surface area (Å²) < 4.78 is 0.405. The van der Waals surface area contributed by atoms with E-state index < -0.39 is 5.03 Å². The third-order valence-corrected chi connectivity index (χ3v) is 2.25. The van der Waals surface area contributed by atoms with Gasteiger partial charge in [-0.05, 0) is 12.1 Å². The zero-order valence-corrected chi connectivity index (χ0v) is 9.59. The van der Waals surface area contributed by atoms with Crippen LogP contribution < -0.4 is 5.32 Å². The van der Waals surface area contributed by atoms with Crippen molar-refractivity contribution in [2.45, 2.75) is 0 Å². The number of benzene rings is 1. The first-order valence-electron chi connectivity index (χ1n) is 4.39. The Bertz CT molecular complexity index is 511. The van der Waals surface area contributed by atoms with E-state index in [9.17, 15) is 10.1 Å². The first-order valence-corrected chi connectivity index (χ1v) is 5.18. The maximum absolute atomic E-state index is 10.7. The van der Waals surface area contributed by atoms with Crippen LogP contribution in [0.2, 0.25) is 0 Å². The maximum atomic E-state index is 10.7. The monoisotopic (exact) mass is 282 g/mol. The van der Waals surface area contributed by atoms with Crippen molar-refractivity contribution in [3.8, 4) is 0 Å². The van der Waals surface area contributed by atoms with E-state index in [-0.39, 0.29) is 0 Å². The number of halogens is 1. The van der Waals surface area contributed by atoms with Crippen LogP contribution in [0, 0.1) is 10.1 Å². The summed E-state index contributed by atoms with van der Waals surface area (Å²) in [6, 6.07) is 10.7. The van der Waals surface area contributed by atoms with Gasteiger partial charge in [0, 0.05) is 32.5 Å². The molecule has 2 rings (SSSR count). The minimum absolute atomic E-state index is 0.295. The third-order valence-electron chi connectivity index (χ3n) is 1.86. The number of nitrogens with zero attached hydrogens (tertiary/aromatic N) is 3. The van der Waals surface area contributed by atoms with E-state index >= 15 is 0 Å². The maximum Gasteiger partial charge on any atom is 0.247 e. The fraction of sp³-hybridized carbons (Fsp3) is 0. The molecule has 0 saturated heterocycles. The summed E-state index contributed by atoms with van der Waals surface area (Å²) in [5.41, 5.74) is 0.762. The summed E-state index contributed by atoms with van der Waals surface area (Å²) in [5.74, 6) is 0.295. The molecule has 0 atom stereocenters. The van der Waals surface area contributed by atoms with Crippen molar-refractivity contribution in [2.75, 3.05) is 5.32 Å². The number of rotatable bonds is 3. The second-order valence-corrected chi connectivity index (χ2v) is 3.78. The number of aromatic nitrogens is 2. The molecule has 1 heterocycles. The Balaban J connectivity index is 2.31. The van der Waals surface area contributed by atoms with Crippen LogP contribution in [0.15, 0.2) is 41.0 Å². The van der Waals surface area contributed by atoms with Gasteiger partial charge in [-0.3, -0.25) is 0 Å². The van der Waals surface area contributed by atoms with Gasteiger partial charge in [0.25, 0.3) is 0 Å². The number of nitro groups is 1. The number of nitrogens with one attached hydrogen (secondary N) is 1. The summed E-state index contributed by atoms with van der Waals surface area (Å²) in [6.07, 6.45) is 0. The van der Waals surface area contributed by atoms with Crippen LogP contribution in [-0.2, 0) is 0 Å². The molecular weight excluding hydrogens is 276 g/mol. The average molecular weight is 283 g/mol. The van der Waals surface area contributed by atoms with Gasteiger partial charge in [0.2, 0.25) is 10.4 Å². The predicted octanol–water partition coefficient (Wildman–Crippen LogP) is 2.43. The molecular formula is C9H7BrN4O2. The highest BCUT2D eigenvalue weighted by Crippen LogP contribution is 2.19. The highest BCUT2D eigenvalue weighted by atomic mass is 79.9. The average Bonchev–Trinajstić information content (AvgIpc) is 2.61. The molecule has 0 aliphatic rings. The van der Waals surface area contributed by atoms with Crippen LogP contribution in [0.1, 0.15) is 0 Å². The zero-order chi connectivity index (χ0) is 11.5. The number of anilines is 2. The van der Waals surface area contributed by atoms with E-state index in [1.807, 2.05) is 30.3 Å². The van der Waals surface area contributed by atoms with Crippen molar-refractivity contribution in [1.82, 2.24) is 9.89 Å². The van der Waals surface area contributed by atoms with Crippen molar-refractivity contribution in [3.63, 3.8) is 0 Å². The Morgan fingerprint density at radius 3 is 2.69 bits per heavy atom. The first-order chi connectivity index (χ1) is 7.66. The largest absolute Gasteiger partial charge is 0.339 e. The van der Waals surface area contributed by atoms with Gasteiger partial charge in [0.05, 0.1) is 10.1 Å². The second kappa shape index (κ2) is 4.31. The standard InChI is InChI=1S/C9H7BrN4O2/c10-8-6-9(13(12-8)14(15)16)11-7-4-2-1-3-5-7/h1-6,11H. The molecule has 0 bridgehead atoms. The van der Waals surface area contributed by atoms with Gasteiger partial charge in [-0.1, -0.05) is 18.2 Å². The molecule has 0 fully saturated rings. The van der Waals surface area contributed by atoms with E-state index in [0.717, 1.165) is 5.69 Å². The van der Waals surface area contributed by atoms with Crippen LogP contribution in [0.5, 0.6) is 0 Å². The van der Waals surface area contributed by atoms with E-state index in [1.54, 1.807) is 0 Å². The molecule has 1 aromatic carbocycles. The van der Waals surface area contributed by atoms with Crippen LogP contribution in [-0.4, -0.2) is 14.9 Å². The van der Waals surface area contributed by atoms with Crippen molar-refractivity contribution in [3.05, 3.63) is 51.1 Å². The fourth-order valence-electron chi connectivity index (χ4n) is 1.22. The van der Waals surface area contributed by atoms with Crippen LogP contribution in [0.3, 0.4) is 0 Å². The molecule has 1 aromatic heterocycles. The minimum Gasteiger partial charge on any atom is -0.339 e. The Hall–Kier alpha value is -1.89. The molecule has 6 nitrogen and oxygen atoms in total. The fourth-order valence-corrected chi connectivity index (χ4v) is 1.59. The lowest BCUT2D eigenvalue weighted by molar-refractivity contribution is -0.550. The smallest absolute Gasteiger partial charge is 0.247 e. The highest BCUT2D eigenvalue weighted by molar-refractivity contribution is 9.10. The van der Waals surface area contributed by atoms with Crippen LogP contribution in [0.25, 0.3) is 0 Å². The first kappa shape index (κ1) is 10.6. The van der Waals surface area contributed by atoms with Crippen LogP contribution >= 0.6 is 15.9 Å². The quantitative estimate of drug-likeness (QED) is 0.693. The Morgan fingerprint density at radius 1 is 1.38 bits per heavy atom. The van der Waals surface area contributed by atoms with E-state index in [2.05, 4.69) is 26.3 Å². The summed E-state index contributed by atoms with van der Waals surface area (Å²) in [7, 11) is 0. The molecule has 0 aliphatic carbocycles. The van der Waals surface area contributed by atoms with E-state index in [0.29, 0.717) is 15.2 Å². The molecule has 0 spiro atoms. The third kappa shape index (κ3) is 2.19. The topological polar surface area (TPSA) is 73.0 Å². The van der Waals surface area contributed by atoms with Gasteiger partial charge in [-0.2, -0.15) is 0 Å². The lowest BCUT2D eigenvalue weighted by atomic mass is 10.3. The second-order valence-electron chi connectivity index (χ2n) is 2.97. The van der Waals surface area contributed by atoms with E-state index in [4.69, 9.17) is 0 Å². The van der Waals surface area contributed by atoms with Crippen molar-refractivity contribution in [1.29, 1.82) is 0 Å². The molecule has 0 aliphatic heterocycles. The molecule has 0 radical (unpaired) electrons. The number of para-hydroxylation sites is 1. The molecule has 7 heteroatoms. The van der Waals surface area contributed by atoms with Gasteiger partial charge in [-0.25, -0.2) is 0 Å². The molecule has 82 valence electrons. The molecule has 0 amide bonds. The van der Waals surface area contributed by atoms with E-state index in [1.165, 1.54) is 6.07 Å². The summed E-state index contributed by atoms with van der Waals surface area (Å²) in [4.78, 5) is 11.3. The Morgan fingerprint density at radius 2 is 2.06 bits per heavy atom. The lowest BCUT2D eigenvalue weighted by Gasteiger charge is -2.03. The molecule has 1 N–H and O–H groups in total. The molecule has 0 unspecified atom stereocenters. The highest BCUT2D eigenvalue weighted by Gasteiger charge is 2.15. The SMILES string of the molecule is O=[N+]([O-])n1nc(Br)cc1Nc1ccccc1. The van der Waals surface area contributed by atoms with Crippen molar-refractivity contribution < 1.29 is 5.03 Å². The van der Waals surface area contributed by atoms with Crippen LogP contribution in [0.4, 0.5) is 11.5 Å². The summed E-state index contributed by atoms with van der Waals surface area (Å²) in [6.45, 7) is 0. The van der Waals surface area contributed by atoms with Gasteiger partial charge in [-0.15, -0.1) is 0 Å². The van der Waals surface area contributed by atoms with Crippen molar-refractivity contribution >= 4 is 27.4 Å². The zero-order valence-electron chi connectivity index (χ0n) is 8.00. The summed E-state index contributed by atoms with van der Waals surface area (Å²) >= 11 is 3.09. The minimum atomic E-state index is -0.601. The van der Waals surface area contributed by atoms with Gasteiger partial charge < -0.3 is 15.4 Å².